The second kappa shape index (κ2) is 8.50. The molecule has 27 heavy (non-hydrogen) atoms. The maximum absolute atomic E-state index is 12.4. The summed E-state index contributed by atoms with van der Waals surface area (Å²) in [6, 6.07) is 8.63. The molecule has 0 aliphatic rings. The molecule has 1 aromatic carbocycles. The number of carbonyl (C=O) groups is 2. The van der Waals surface area contributed by atoms with Crippen LogP contribution < -0.4 is 10.6 Å². The molecule has 0 radical (unpaired) electrons. The molecule has 2 N–H and O–H groups in total. The topological polar surface area (TPSA) is 93.8 Å². The number of aromatic nitrogens is 4. The largest absolute Gasteiger partial charge is 0.326 e. The molecule has 0 atom stereocenters. The highest BCUT2D eigenvalue weighted by molar-refractivity contribution is 6.30. The second-order valence-electron chi connectivity index (χ2n) is 5.79. The molecule has 0 saturated heterocycles. The summed E-state index contributed by atoms with van der Waals surface area (Å²) in [5, 5.41) is 14.3. The van der Waals surface area contributed by atoms with Crippen molar-refractivity contribution in [1.82, 2.24) is 19.6 Å². The Morgan fingerprint density at radius 2 is 1.93 bits per heavy atom. The Morgan fingerprint density at radius 1 is 1.15 bits per heavy atom. The van der Waals surface area contributed by atoms with Gasteiger partial charge in [0.25, 0.3) is 5.91 Å². The Labute approximate surface area is 161 Å². The summed E-state index contributed by atoms with van der Waals surface area (Å²) in [6.07, 6.45) is 5.02. The minimum absolute atomic E-state index is 0.158. The van der Waals surface area contributed by atoms with Crippen LogP contribution in [0.3, 0.4) is 0 Å². The molecule has 140 valence electrons. The van der Waals surface area contributed by atoms with E-state index < -0.39 is 0 Å². The molecule has 3 aromatic rings. The number of hydrogen-bond acceptors (Lipinski definition) is 4. The van der Waals surface area contributed by atoms with Gasteiger partial charge in [-0.1, -0.05) is 17.7 Å². The molecule has 0 bridgehead atoms. The fraction of sp³-hybridized carbons (Fsp3) is 0.222. The lowest BCUT2D eigenvalue weighted by Gasteiger charge is -2.10. The van der Waals surface area contributed by atoms with Gasteiger partial charge in [-0.2, -0.15) is 10.2 Å². The van der Waals surface area contributed by atoms with Crippen LogP contribution in [-0.2, 0) is 17.9 Å². The Morgan fingerprint density at radius 3 is 2.63 bits per heavy atom. The number of aryl methyl sites for hydroxylation is 2. The van der Waals surface area contributed by atoms with Crippen molar-refractivity contribution in [2.45, 2.75) is 26.4 Å². The highest BCUT2D eigenvalue weighted by atomic mass is 35.5. The van der Waals surface area contributed by atoms with Gasteiger partial charge >= 0.3 is 0 Å². The van der Waals surface area contributed by atoms with Crippen molar-refractivity contribution >= 4 is 34.8 Å². The summed E-state index contributed by atoms with van der Waals surface area (Å²) >= 11 is 5.80. The number of nitrogens with one attached hydrogen (secondary N) is 2. The van der Waals surface area contributed by atoms with Crippen molar-refractivity contribution in [3.63, 3.8) is 0 Å². The summed E-state index contributed by atoms with van der Waals surface area (Å²) in [5.41, 5.74) is 1.66. The zero-order chi connectivity index (χ0) is 19.2. The number of benzene rings is 1. The lowest BCUT2D eigenvalue weighted by atomic mass is 10.2. The van der Waals surface area contributed by atoms with Crippen LogP contribution >= 0.6 is 11.6 Å². The van der Waals surface area contributed by atoms with E-state index in [0.29, 0.717) is 35.2 Å². The van der Waals surface area contributed by atoms with Crippen molar-refractivity contribution in [3.05, 3.63) is 59.6 Å². The van der Waals surface area contributed by atoms with Crippen molar-refractivity contribution in [2.24, 2.45) is 0 Å². The quantitative estimate of drug-likeness (QED) is 0.652. The first-order chi connectivity index (χ1) is 13.0. The van der Waals surface area contributed by atoms with Gasteiger partial charge in [-0.15, -0.1) is 0 Å². The first-order valence-electron chi connectivity index (χ1n) is 8.46. The third-order valence-electron chi connectivity index (χ3n) is 3.82. The number of nitrogens with zero attached hydrogens (tertiary/aromatic N) is 4. The number of carbonyl (C=O) groups excluding carboxylic acids is 2. The molecule has 9 heteroatoms. The minimum Gasteiger partial charge on any atom is -0.326 e. The Kier molecular flexibility index (Phi) is 5.87. The van der Waals surface area contributed by atoms with E-state index in [1.54, 1.807) is 52.1 Å². The maximum atomic E-state index is 12.4. The fourth-order valence-corrected chi connectivity index (χ4v) is 2.70. The van der Waals surface area contributed by atoms with E-state index in [1.165, 1.54) is 6.20 Å². The van der Waals surface area contributed by atoms with Crippen LogP contribution in [0.2, 0.25) is 5.02 Å². The molecule has 2 heterocycles. The summed E-state index contributed by atoms with van der Waals surface area (Å²) < 4.78 is 3.22. The zero-order valence-corrected chi connectivity index (χ0v) is 15.5. The van der Waals surface area contributed by atoms with Crippen molar-refractivity contribution < 1.29 is 9.59 Å². The smallest absolute Gasteiger partial charge is 0.273 e. The number of anilines is 2. The van der Waals surface area contributed by atoms with E-state index in [-0.39, 0.29) is 18.2 Å². The number of amides is 2. The van der Waals surface area contributed by atoms with Gasteiger partial charge in [0.05, 0.1) is 11.2 Å². The van der Waals surface area contributed by atoms with E-state index in [1.807, 2.05) is 6.92 Å². The molecular weight excluding hydrogens is 368 g/mol. The fourth-order valence-electron chi connectivity index (χ4n) is 2.55. The van der Waals surface area contributed by atoms with E-state index >= 15 is 0 Å². The molecule has 0 spiro atoms. The molecule has 0 aliphatic heterocycles. The standard InChI is InChI=1S/C18H19ClN6O2/c1-2-25-16(6-8-20-25)18(27)23-15-5-3-4-14(10-15)22-17(26)7-9-24-12-13(19)11-21-24/h3-6,8,10-12H,2,7,9H2,1H3,(H,22,26)(H,23,27). The van der Waals surface area contributed by atoms with Crippen LogP contribution in [0.5, 0.6) is 0 Å². The molecule has 0 saturated carbocycles. The van der Waals surface area contributed by atoms with Crippen LogP contribution in [0.25, 0.3) is 0 Å². The SMILES string of the molecule is CCn1nccc1C(=O)Nc1cccc(NC(=O)CCn2cc(Cl)cn2)c1. The van der Waals surface area contributed by atoms with Crippen molar-refractivity contribution in [2.75, 3.05) is 10.6 Å². The normalized spacial score (nSPS) is 10.6. The highest BCUT2D eigenvalue weighted by Gasteiger charge is 2.12. The van der Waals surface area contributed by atoms with Gasteiger partial charge in [-0.25, -0.2) is 0 Å². The predicted molar refractivity (Wildman–Crippen MR) is 103 cm³/mol. The Hall–Kier alpha value is -3.13. The third-order valence-corrected chi connectivity index (χ3v) is 4.02. The van der Waals surface area contributed by atoms with Crippen molar-refractivity contribution in [3.8, 4) is 0 Å². The van der Waals surface area contributed by atoms with Gasteiger partial charge < -0.3 is 10.6 Å². The summed E-state index contributed by atoms with van der Waals surface area (Å²) in [7, 11) is 0. The first-order valence-corrected chi connectivity index (χ1v) is 8.84. The third kappa shape index (κ3) is 4.95. The molecule has 0 fully saturated rings. The first kappa shape index (κ1) is 18.7. The van der Waals surface area contributed by atoms with E-state index in [0.717, 1.165) is 0 Å². The number of hydrogen-bond donors (Lipinski definition) is 2. The molecule has 0 aliphatic carbocycles. The molecular formula is C18H19ClN6O2. The molecule has 3 rings (SSSR count). The maximum Gasteiger partial charge on any atom is 0.273 e. The van der Waals surface area contributed by atoms with Crippen LogP contribution in [0, 0.1) is 0 Å². The molecule has 2 aromatic heterocycles. The summed E-state index contributed by atoms with van der Waals surface area (Å²) in [4.78, 5) is 24.5. The van der Waals surface area contributed by atoms with Gasteiger partial charge in [0.15, 0.2) is 0 Å². The molecule has 2 amide bonds. The summed E-state index contributed by atoms with van der Waals surface area (Å²) in [6.45, 7) is 2.94. The number of halogens is 1. The van der Waals surface area contributed by atoms with Gasteiger partial charge in [-0.05, 0) is 31.2 Å². The zero-order valence-electron chi connectivity index (χ0n) is 14.7. The van der Waals surface area contributed by atoms with Crippen LogP contribution in [0.15, 0.2) is 48.9 Å². The minimum atomic E-state index is -0.256. The van der Waals surface area contributed by atoms with Gasteiger partial charge in [-0.3, -0.25) is 19.0 Å². The van der Waals surface area contributed by atoms with Crippen molar-refractivity contribution in [1.29, 1.82) is 0 Å². The number of rotatable bonds is 7. The van der Waals surface area contributed by atoms with Crippen LogP contribution in [0.4, 0.5) is 11.4 Å². The lowest BCUT2D eigenvalue weighted by molar-refractivity contribution is -0.116. The van der Waals surface area contributed by atoms with Gasteiger partial charge in [0.2, 0.25) is 5.91 Å². The Bertz CT molecular complexity index is 949. The Balaban J connectivity index is 1.58. The van der Waals surface area contributed by atoms with E-state index in [9.17, 15) is 9.59 Å². The molecule has 0 unspecified atom stereocenters. The lowest BCUT2D eigenvalue weighted by Crippen LogP contribution is -2.18. The average Bonchev–Trinajstić information content (AvgIpc) is 3.29. The highest BCUT2D eigenvalue weighted by Crippen LogP contribution is 2.16. The molecule has 8 nitrogen and oxygen atoms in total. The second-order valence-corrected chi connectivity index (χ2v) is 6.22. The van der Waals surface area contributed by atoms with E-state index in [2.05, 4.69) is 20.8 Å². The predicted octanol–water partition coefficient (Wildman–Crippen LogP) is 3.03. The van der Waals surface area contributed by atoms with E-state index in [4.69, 9.17) is 11.6 Å². The van der Waals surface area contributed by atoms with Gasteiger partial charge in [0, 0.05) is 43.3 Å². The average molecular weight is 387 g/mol. The van der Waals surface area contributed by atoms with Crippen LogP contribution in [0.1, 0.15) is 23.8 Å². The monoisotopic (exact) mass is 386 g/mol. The van der Waals surface area contributed by atoms with Gasteiger partial charge in [0.1, 0.15) is 5.69 Å². The van der Waals surface area contributed by atoms with Crippen LogP contribution in [-0.4, -0.2) is 31.4 Å². The summed E-state index contributed by atoms with van der Waals surface area (Å²) in [5.74, 6) is -0.414.